The molecule has 0 aromatic carbocycles. The van der Waals surface area contributed by atoms with E-state index in [0.29, 0.717) is 0 Å². The molecule has 6 heteroatoms. The third-order valence-electron chi connectivity index (χ3n) is 3.24. The van der Waals surface area contributed by atoms with Crippen molar-refractivity contribution in [1.82, 2.24) is 15.4 Å². The first-order valence-electron chi connectivity index (χ1n) is 5.06. The minimum Gasteiger partial charge on any atom is -0.398 e. The van der Waals surface area contributed by atoms with Gasteiger partial charge in [-0.25, -0.2) is 0 Å². The summed E-state index contributed by atoms with van der Waals surface area (Å²) in [5, 5.41) is 10.6. The smallest absolute Gasteiger partial charge is 0.398 e. The van der Waals surface area contributed by atoms with Gasteiger partial charge in [0.1, 0.15) is 5.59 Å². The monoisotopic (exact) mass is 209 g/mol. The Balaban J connectivity index is 2.27. The molecule has 0 spiro atoms. The summed E-state index contributed by atoms with van der Waals surface area (Å²) in [6.07, 6.45) is 0. The minimum absolute atomic E-state index is 0.330. The van der Waals surface area contributed by atoms with Gasteiger partial charge in [0.25, 0.3) is 0 Å². The molecule has 0 radical (unpaired) electrons. The van der Waals surface area contributed by atoms with E-state index in [0.717, 1.165) is 11.3 Å². The number of hydrogen-bond acceptors (Lipinski definition) is 4. The van der Waals surface area contributed by atoms with E-state index in [4.69, 9.17) is 9.31 Å². The molecule has 0 amide bonds. The molecule has 1 aliphatic rings. The molecular weight excluding hydrogens is 193 g/mol. The van der Waals surface area contributed by atoms with Gasteiger partial charge in [-0.1, -0.05) is 0 Å². The van der Waals surface area contributed by atoms with Crippen molar-refractivity contribution in [2.75, 3.05) is 0 Å². The Kier molecular flexibility index (Phi) is 2.17. The third kappa shape index (κ3) is 1.57. The summed E-state index contributed by atoms with van der Waals surface area (Å²) in [6, 6.07) is 0. The summed E-state index contributed by atoms with van der Waals surface area (Å²) in [5.41, 5.74) is 0.883. The van der Waals surface area contributed by atoms with Crippen molar-refractivity contribution in [2.45, 2.75) is 45.8 Å². The molecule has 1 aromatic rings. The number of H-pyrrole nitrogens is 1. The van der Waals surface area contributed by atoms with Gasteiger partial charge in [-0.2, -0.15) is 15.4 Å². The Bertz CT molecular complexity index is 359. The highest BCUT2D eigenvalue weighted by molar-refractivity contribution is 6.61. The molecule has 15 heavy (non-hydrogen) atoms. The van der Waals surface area contributed by atoms with Gasteiger partial charge in [0.15, 0.2) is 0 Å². The van der Waals surface area contributed by atoms with Crippen LogP contribution in [0.3, 0.4) is 0 Å². The lowest BCUT2D eigenvalue weighted by Crippen LogP contribution is -2.41. The number of hydrogen-bond donors (Lipinski definition) is 1. The fourth-order valence-corrected chi connectivity index (χ4v) is 1.47. The quantitative estimate of drug-likeness (QED) is 0.680. The molecule has 0 atom stereocenters. The average molecular weight is 209 g/mol. The molecule has 1 N–H and O–H groups in total. The molecule has 5 nitrogen and oxygen atoms in total. The molecular formula is C9H16BN3O2. The van der Waals surface area contributed by atoms with E-state index in [2.05, 4.69) is 15.4 Å². The van der Waals surface area contributed by atoms with E-state index in [-0.39, 0.29) is 11.2 Å². The average Bonchev–Trinajstić information content (AvgIpc) is 2.55. The van der Waals surface area contributed by atoms with Crippen molar-refractivity contribution in [3.8, 4) is 0 Å². The van der Waals surface area contributed by atoms with E-state index in [1.165, 1.54) is 0 Å². The summed E-state index contributed by atoms with van der Waals surface area (Å²) >= 11 is 0. The SMILES string of the molecule is Cc1n[nH]nc1B1OC(C)(C)C(C)(C)O1. The number of aromatic amines is 1. The van der Waals surface area contributed by atoms with Crippen LogP contribution in [0.15, 0.2) is 0 Å². The lowest BCUT2D eigenvalue weighted by Gasteiger charge is -2.32. The Labute approximate surface area is 89.7 Å². The zero-order valence-electron chi connectivity index (χ0n) is 9.79. The Hall–Kier alpha value is -0.875. The molecule has 0 aliphatic carbocycles. The number of aryl methyl sites for hydroxylation is 1. The minimum atomic E-state index is -0.422. The lowest BCUT2D eigenvalue weighted by molar-refractivity contribution is 0.00578. The second kappa shape index (κ2) is 3.06. The number of rotatable bonds is 1. The zero-order valence-corrected chi connectivity index (χ0v) is 9.79. The van der Waals surface area contributed by atoms with Crippen LogP contribution < -0.4 is 5.59 Å². The van der Waals surface area contributed by atoms with E-state index >= 15 is 0 Å². The normalized spacial score (nSPS) is 23.4. The molecule has 0 saturated carbocycles. The maximum absolute atomic E-state index is 5.84. The van der Waals surface area contributed by atoms with Crippen LogP contribution in [0.2, 0.25) is 0 Å². The van der Waals surface area contributed by atoms with Gasteiger partial charge in [0.2, 0.25) is 0 Å². The summed E-state index contributed by atoms with van der Waals surface area (Å²) in [5.74, 6) is 0. The first-order chi connectivity index (χ1) is 6.83. The predicted octanol–water partition coefficient (Wildman–Crippen LogP) is 0.412. The fourth-order valence-electron chi connectivity index (χ4n) is 1.47. The fraction of sp³-hybridized carbons (Fsp3) is 0.778. The first kappa shape index (κ1) is 10.6. The van der Waals surface area contributed by atoms with Crippen molar-refractivity contribution in [1.29, 1.82) is 0 Å². The molecule has 0 unspecified atom stereocenters. The van der Waals surface area contributed by atoms with Gasteiger partial charge in [-0.3, -0.25) is 0 Å². The van der Waals surface area contributed by atoms with Gasteiger partial charge >= 0.3 is 7.12 Å². The van der Waals surface area contributed by atoms with Crippen LogP contribution in [0, 0.1) is 6.92 Å². The summed E-state index contributed by atoms with van der Waals surface area (Å²) in [6.45, 7) is 9.94. The van der Waals surface area contributed by atoms with E-state index in [1.54, 1.807) is 0 Å². The largest absolute Gasteiger partial charge is 0.518 e. The van der Waals surface area contributed by atoms with Crippen LogP contribution in [0.1, 0.15) is 33.4 Å². The van der Waals surface area contributed by atoms with Gasteiger partial charge in [-0.15, -0.1) is 0 Å². The Morgan fingerprint density at radius 1 is 1.07 bits per heavy atom. The van der Waals surface area contributed by atoms with Crippen LogP contribution in [-0.2, 0) is 9.31 Å². The number of nitrogens with zero attached hydrogens (tertiary/aromatic N) is 2. The molecule has 1 aromatic heterocycles. The third-order valence-corrected chi connectivity index (χ3v) is 3.24. The topological polar surface area (TPSA) is 60.0 Å². The lowest BCUT2D eigenvalue weighted by atomic mass is 9.83. The van der Waals surface area contributed by atoms with E-state index in [1.807, 2.05) is 34.6 Å². The van der Waals surface area contributed by atoms with Gasteiger partial charge < -0.3 is 9.31 Å². The van der Waals surface area contributed by atoms with Gasteiger partial charge in [0.05, 0.1) is 16.9 Å². The molecule has 2 heterocycles. The van der Waals surface area contributed by atoms with Crippen LogP contribution in [0.25, 0.3) is 0 Å². The van der Waals surface area contributed by atoms with Crippen molar-refractivity contribution >= 4 is 12.7 Å². The highest BCUT2D eigenvalue weighted by atomic mass is 16.7. The Morgan fingerprint density at radius 3 is 2.00 bits per heavy atom. The van der Waals surface area contributed by atoms with Gasteiger partial charge in [-0.05, 0) is 34.6 Å². The van der Waals surface area contributed by atoms with Gasteiger partial charge in [0, 0.05) is 0 Å². The standard InChI is InChI=1S/C9H16BN3O2/c1-6-7(12-13-11-6)10-14-8(2,3)9(4,5)15-10/h1-5H3,(H,11,12,13). The maximum Gasteiger partial charge on any atom is 0.518 e. The van der Waals surface area contributed by atoms with Crippen LogP contribution in [-0.4, -0.2) is 33.7 Å². The predicted molar refractivity (Wildman–Crippen MR) is 56.8 cm³/mol. The molecule has 0 bridgehead atoms. The molecule has 1 aliphatic heterocycles. The Morgan fingerprint density at radius 2 is 1.60 bits per heavy atom. The van der Waals surface area contributed by atoms with Crippen molar-refractivity contribution in [2.24, 2.45) is 0 Å². The van der Waals surface area contributed by atoms with Crippen LogP contribution in [0.5, 0.6) is 0 Å². The molecule has 2 rings (SSSR count). The summed E-state index contributed by atoms with van der Waals surface area (Å²) in [4.78, 5) is 0. The highest BCUT2D eigenvalue weighted by Gasteiger charge is 2.53. The zero-order chi connectivity index (χ0) is 11.3. The van der Waals surface area contributed by atoms with Crippen LogP contribution in [0.4, 0.5) is 0 Å². The molecule has 82 valence electrons. The van der Waals surface area contributed by atoms with Crippen LogP contribution >= 0.6 is 0 Å². The van der Waals surface area contributed by atoms with E-state index in [9.17, 15) is 0 Å². The summed E-state index contributed by atoms with van der Waals surface area (Å²) in [7, 11) is -0.422. The second-order valence-electron chi connectivity index (χ2n) is 4.88. The van der Waals surface area contributed by atoms with Crippen molar-refractivity contribution in [3.05, 3.63) is 5.69 Å². The number of nitrogens with one attached hydrogen (secondary N) is 1. The van der Waals surface area contributed by atoms with Crippen molar-refractivity contribution < 1.29 is 9.31 Å². The first-order valence-corrected chi connectivity index (χ1v) is 5.06. The highest BCUT2D eigenvalue weighted by Crippen LogP contribution is 2.36. The summed E-state index contributed by atoms with van der Waals surface area (Å²) < 4.78 is 11.7. The molecule has 1 fully saturated rings. The second-order valence-corrected chi connectivity index (χ2v) is 4.88. The van der Waals surface area contributed by atoms with E-state index < -0.39 is 7.12 Å². The number of aromatic nitrogens is 3. The molecule has 1 saturated heterocycles. The maximum atomic E-state index is 5.84. The van der Waals surface area contributed by atoms with Crippen molar-refractivity contribution in [3.63, 3.8) is 0 Å².